The second kappa shape index (κ2) is 6.53. The van der Waals surface area contributed by atoms with E-state index in [1.165, 1.54) is 16.3 Å². The molecule has 0 saturated heterocycles. The molecule has 1 aromatic heterocycles. The van der Waals surface area contributed by atoms with Crippen molar-refractivity contribution >= 4 is 16.7 Å². The van der Waals surface area contributed by atoms with Crippen LogP contribution in [-0.2, 0) is 24.4 Å². The molecule has 0 spiro atoms. The minimum Gasteiger partial charge on any atom is -0.347 e. The van der Waals surface area contributed by atoms with Gasteiger partial charge in [-0.25, -0.2) is 0 Å². The Morgan fingerprint density at radius 2 is 1.92 bits per heavy atom. The first-order valence-electron chi connectivity index (χ1n) is 8.85. The van der Waals surface area contributed by atoms with Gasteiger partial charge in [-0.15, -0.1) is 10.2 Å². The van der Waals surface area contributed by atoms with Crippen LogP contribution in [0.5, 0.6) is 0 Å². The van der Waals surface area contributed by atoms with E-state index in [1.807, 2.05) is 21.0 Å². The molecule has 0 N–H and O–H groups in total. The highest BCUT2D eigenvalue weighted by Gasteiger charge is 2.34. The summed E-state index contributed by atoms with van der Waals surface area (Å²) < 4.78 is 2.06. The van der Waals surface area contributed by atoms with Crippen LogP contribution in [0.2, 0.25) is 0 Å². The van der Waals surface area contributed by atoms with Crippen LogP contribution >= 0.6 is 0 Å². The fourth-order valence-electron chi connectivity index (χ4n) is 3.71. The Labute approximate surface area is 153 Å². The molecule has 4 rings (SSSR count). The Morgan fingerprint density at radius 3 is 2.73 bits per heavy atom. The van der Waals surface area contributed by atoms with Crippen LogP contribution in [0.4, 0.5) is 0 Å². The van der Waals surface area contributed by atoms with Crippen LogP contribution in [0.15, 0.2) is 42.5 Å². The normalized spacial score (nSPS) is 17.3. The quantitative estimate of drug-likeness (QED) is 0.727. The van der Waals surface area contributed by atoms with Crippen molar-refractivity contribution in [1.82, 2.24) is 24.6 Å². The number of carbonyl (C=O) groups excluding carboxylic acids is 1. The summed E-state index contributed by atoms with van der Waals surface area (Å²) in [6, 6.07) is 14.5. The zero-order chi connectivity index (χ0) is 18.3. The molecule has 1 atom stereocenters. The Kier molecular flexibility index (Phi) is 4.20. The van der Waals surface area contributed by atoms with Crippen molar-refractivity contribution in [2.45, 2.75) is 32.6 Å². The summed E-state index contributed by atoms with van der Waals surface area (Å²) in [7, 11) is 3.62. The fraction of sp³-hybridized carbons (Fsp3) is 0.350. The number of amides is 1. The van der Waals surface area contributed by atoms with E-state index in [0.29, 0.717) is 19.6 Å². The maximum Gasteiger partial charge on any atom is 0.241 e. The van der Waals surface area contributed by atoms with E-state index in [1.54, 1.807) is 4.90 Å². The first-order valence-corrected chi connectivity index (χ1v) is 8.85. The van der Waals surface area contributed by atoms with Crippen LogP contribution in [0.25, 0.3) is 10.8 Å². The Hall–Kier alpha value is -2.73. The molecule has 2 heterocycles. The third kappa shape index (κ3) is 2.86. The molecule has 0 fully saturated rings. The molecule has 0 radical (unpaired) electrons. The maximum absolute atomic E-state index is 12.8. The highest BCUT2D eigenvalue weighted by atomic mass is 16.2. The van der Waals surface area contributed by atoms with Gasteiger partial charge in [0.05, 0.1) is 13.1 Å². The monoisotopic (exact) mass is 349 g/mol. The number of hydrogen-bond donors (Lipinski definition) is 0. The van der Waals surface area contributed by atoms with Crippen LogP contribution in [0, 0.1) is 6.92 Å². The van der Waals surface area contributed by atoms with Gasteiger partial charge in [0.1, 0.15) is 17.7 Å². The van der Waals surface area contributed by atoms with Crippen molar-refractivity contribution < 1.29 is 4.79 Å². The second-order valence-electron chi connectivity index (χ2n) is 7.07. The molecule has 1 unspecified atom stereocenters. The second-order valence-corrected chi connectivity index (χ2v) is 7.07. The fourth-order valence-corrected chi connectivity index (χ4v) is 3.71. The molecule has 1 aliphatic rings. The predicted octanol–water partition coefficient (Wildman–Crippen LogP) is 2.21. The molecule has 6 nitrogen and oxygen atoms in total. The molecular formula is C20H23N5O. The van der Waals surface area contributed by atoms with E-state index in [-0.39, 0.29) is 11.9 Å². The van der Waals surface area contributed by atoms with E-state index in [2.05, 4.69) is 62.1 Å². The van der Waals surface area contributed by atoms with Crippen molar-refractivity contribution in [2.75, 3.05) is 14.1 Å². The Morgan fingerprint density at radius 1 is 1.15 bits per heavy atom. The summed E-state index contributed by atoms with van der Waals surface area (Å²) in [6.45, 7) is 3.86. The molecule has 26 heavy (non-hydrogen) atoms. The van der Waals surface area contributed by atoms with Crippen molar-refractivity contribution in [3.63, 3.8) is 0 Å². The van der Waals surface area contributed by atoms with Crippen LogP contribution < -0.4 is 0 Å². The average molecular weight is 349 g/mol. The number of benzene rings is 2. The predicted molar refractivity (Wildman–Crippen MR) is 100 cm³/mol. The zero-order valence-corrected chi connectivity index (χ0v) is 15.4. The smallest absolute Gasteiger partial charge is 0.241 e. The molecule has 0 aliphatic carbocycles. The van der Waals surface area contributed by atoms with Gasteiger partial charge in [0.15, 0.2) is 0 Å². The van der Waals surface area contributed by atoms with Crippen LogP contribution in [0.1, 0.15) is 17.2 Å². The van der Waals surface area contributed by atoms with E-state index >= 15 is 0 Å². The molecule has 1 aliphatic heterocycles. The van der Waals surface area contributed by atoms with Gasteiger partial charge < -0.3 is 9.47 Å². The van der Waals surface area contributed by atoms with Gasteiger partial charge in [-0.2, -0.15) is 0 Å². The number of aromatic nitrogens is 3. The number of rotatable bonds is 3. The van der Waals surface area contributed by atoms with Crippen LogP contribution in [-0.4, -0.2) is 50.6 Å². The lowest BCUT2D eigenvalue weighted by atomic mass is 10.0. The summed E-state index contributed by atoms with van der Waals surface area (Å²) in [4.78, 5) is 16.7. The summed E-state index contributed by atoms with van der Waals surface area (Å²) in [6.07, 6.45) is 0. The number of nitrogens with zero attached hydrogens (tertiary/aromatic N) is 5. The standard InChI is InChI=1S/C20H23N5O/c1-14-21-22-19-13-24(18(12-25(14)19)20(26)23(2)3)11-16-9-6-8-15-7-4-5-10-17(15)16/h4-10,18H,11-13H2,1-3H3. The number of carbonyl (C=O) groups is 1. The van der Waals surface area contributed by atoms with Gasteiger partial charge >= 0.3 is 0 Å². The summed E-state index contributed by atoms with van der Waals surface area (Å²) in [5.74, 6) is 1.90. The number of fused-ring (bicyclic) bond motifs is 2. The van der Waals surface area contributed by atoms with E-state index < -0.39 is 0 Å². The first kappa shape index (κ1) is 16.7. The number of hydrogen-bond acceptors (Lipinski definition) is 4. The summed E-state index contributed by atoms with van der Waals surface area (Å²) >= 11 is 0. The van der Waals surface area contributed by atoms with E-state index in [0.717, 1.165) is 11.6 Å². The van der Waals surface area contributed by atoms with Crippen molar-refractivity contribution in [3.05, 3.63) is 59.7 Å². The third-order valence-electron chi connectivity index (χ3n) is 5.13. The minimum atomic E-state index is -0.217. The van der Waals surface area contributed by atoms with Gasteiger partial charge in [0.25, 0.3) is 0 Å². The SMILES string of the molecule is Cc1nnc2n1CC(C(=O)N(C)C)N(Cc1cccc3ccccc13)C2. The minimum absolute atomic E-state index is 0.115. The van der Waals surface area contributed by atoms with E-state index in [9.17, 15) is 4.79 Å². The van der Waals surface area contributed by atoms with E-state index in [4.69, 9.17) is 0 Å². The molecule has 0 bridgehead atoms. The van der Waals surface area contributed by atoms with Gasteiger partial charge in [-0.1, -0.05) is 42.5 Å². The number of likely N-dealkylation sites (N-methyl/N-ethyl adjacent to an activating group) is 1. The summed E-state index contributed by atoms with van der Waals surface area (Å²) in [5.41, 5.74) is 1.23. The van der Waals surface area contributed by atoms with Gasteiger partial charge in [-0.3, -0.25) is 9.69 Å². The molecule has 3 aromatic rings. The van der Waals surface area contributed by atoms with Crippen molar-refractivity contribution in [1.29, 1.82) is 0 Å². The van der Waals surface area contributed by atoms with Gasteiger partial charge in [0, 0.05) is 20.6 Å². The lowest BCUT2D eigenvalue weighted by molar-refractivity contribution is -0.136. The topological polar surface area (TPSA) is 54.3 Å². The molecule has 1 amide bonds. The highest BCUT2D eigenvalue weighted by Crippen LogP contribution is 2.25. The third-order valence-corrected chi connectivity index (χ3v) is 5.13. The zero-order valence-electron chi connectivity index (χ0n) is 15.4. The largest absolute Gasteiger partial charge is 0.347 e. The lowest BCUT2D eigenvalue weighted by Gasteiger charge is -2.36. The molecule has 0 saturated carbocycles. The molecule has 6 heteroatoms. The number of aryl methyl sites for hydroxylation is 1. The van der Waals surface area contributed by atoms with Crippen molar-refractivity contribution in [3.8, 4) is 0 Å². The first-order chi connectivity index (χ1) is 12.5. The average Bonchev–Trinajstić information content (AvgIpc) is 3.01. The van der Waals surface area contributed by atoms with Gasteiger partial charge in [0.2, 0.25) is 5.91 Å². The lowest BCUT2D eigenvalue weighted by Crippen LogP contribution is -2.51. The van der Waals surface area contributed by atoms with Crippen LogP contribution in [0.3, 0.4) is 0 Å². The Balaban J connectivity index is 1.71. The molecular weight excluding hydrogens is 326 g/mol. The summed E-state index contributed by atoms with van der Waals surface area (Å²) in [5, 5.41) is 10.9. The maximum atomic E-state index is 12.8. The van der Waals surface area contributed by atoms with Gasteiger partial charge in [-0.05, 0) is 23.3 Å². The van der Waals surface area contributed by atoms with Crippen molar-refractivity contribution in [2.24, 2.45) is 0 Å². The molecule has 2 aromatic carbocycles. The highest BCUT2D eigenvalue weighted by molar-refractivity contribution is 5.86. The Bertz CT molecular complexity index is 956. The molecule has 134 valence electrons.